The van der Waals surface area contributed by atoms with E-state index in [1.165, 1.54) is 11.3 Å². The van der Waals surface area contributed by atoms with Gasteiger partial charge >= 0.3 is 0 Å². The minimum absolute atomic E-state index is 0.254. The molecule has 3 N–H and O–H groups in total. The Bertz CT molecular complexity index is 1630. The van der Waals surface area contributed by atoms with Crippen LogP contribution in [0.25, 0.3) is 32.2 Å². The Morgan fingerprint density at radius 2 is 1.92 bits per heavy atom. The van der Waals surface area contributed by atoms with E-state index in [0.717, 1.165) is 44.0 Å². The number of aromatic nitrogens is 5. The molecule has 2 aliphatic rings. The van der Waals surface area contributed by atoms with Gasteiger partial charge in [0.05, 0.1) is 27.6 Å². The van der Waals surface area contributed by atoms with Gasteiger partial charge in [-0.15, -0.1) is 0 Å². The Morgan fingerprint density at radius 1 is 1.08 bits per heavy atom. The van der Waals surface area contributed by atoms with Crippen LogP contribution in [-0.2, 0) is 0 Å². The molecule has 3 aromatic heterocycles. The average Bonchev–Trinajstić information content (AvgIpc) is 3.53. The van der Waals surface area contributed by atoms with Crippen LogP contribution >= 0.6 is 22.9 Å². The van der Waals surface area contributed by atoms with E-state index in [2.05, 4.69) is 29.7 Å². The molecular weight excluding hydrogens is 513 g/mol. The largest absolute Gasteiger partial charge is 0.375 e. The standard InChI is InChI=1S/C25H23ClFN9S/c26-17-10-16-22(20(27)19(17)15-2-1-3-18-21(15)31-24(28)37-18)32-25(33-23(16)34-7-4-29-5-8-34)36-11-14(12-36)35-9-6-30-13-35/h1-3,6,9-10,13-14,29H,4-5,7-8,11-12H2,(H2,28,31). The average molecular weight is 536 g/mol. The van der Waals surface area contributed by atoms with E-state index in [-0.39, 0.29) is 17.1 Å². The Balaban J connectivity index is 1.39. The number of nitrogens with zero attached hydrogens (tertiary/aromatic N) is 7. The lowest BCUT2D eigenvalue weighted by Crippen LogP contribution is -2.49. The summed E-state index contributed by atoms with van der Waals surface area (Å²) >= 11 is 8.14. The predicted octanol–water partition coefficient (Wildman–Crippen LogP) is 3.95. The zero-order chi connectivity index (χ0) is 25.1. The van der Waals surface area contributed by atoms with Gasteiger partial charge in [-0.3, -0.25) is 0 Å². The number of imidazole rings is 1. The molecule has 37 heavy (non-hydrogen) atoms. The predicted molar refractivity (Wildman–Crippen MR) is 146 cm³/mol. The summed E-state index contributed by atoms with van der Waals surface area (Å²) in [7, 11) is 0. The zero-order valence-corrected chi connectivity index (χ0v) is 21.3. The number of anilines is 3. The highest BCUT2D eigenvalue weighted by atomic mass is 35.5. The minimum Gasteiger partial charge on any atom is -0.375 e. The van der Waals surface area contributed by atoms with Crippen molar-refractivity contribution < 1.29 is 4.39 Å². The molecule has 7 rings (SSSR count). The van der Waals surface area contributed by atoms with E-state index in [1.54, 1.807) is 12.3 Å². The smallest absolute Gasteiger partial charge is 0.228 e. The van der Waals surface area contributed by atoms with Gasteiger partial charge in [-0.2, -0.15) is 4.98 Å². The lowest BCUT2D eigenvalue weighted by atomic mass is 10.0. The van der Waals surface area contributed by atoms with Crippen LogP contribution in [0.3, 0.4) is 0 Å². The zero-order valence-electron chi connectivity index (χ0n) is 19.7. The maximum atomic E-state index is 16.5. The molecule has 0 spiro atoms. The third-order valence-electron chi connectivity index (χ3n) is 7.06. The van der Waals surface area contributed by atoms with Gasteiger partial charge in [0.15, 0.2) is 10.9 Å². The number of nitrogens with one attached hydrogen (secondary N) is 1. The first-order valence-electron chi connectivity index (χ1n) is 12.1. The molecule has 0 radical (unpaired) electrons. The summed E-state index contributed by atoms with van der Waals surface area (Å²) in [5.41, 5.74) is 7.73. The lowest BCUT2D eigenvalue weighted by Gasteiger charge is -2.40. The van der Waals surface area contributed by atoms with Gasteiger partial charge in [-0.1, -0.05) is 35.1 Å². The summed E-state index contributed by atoms with van der Waals surface area (Å²) in [6.07, 6.45) is 5.54. The van der Waals surface area contributed by atoms with E-state index in [4.69, 9.17) is 27.3 Å². The second kappa shape index (κ2) is 8.79. The maximum absolute atomic E-state index is 16.5. The molecule has 2 aromatic carbocycles. The number of thiazole rings is 1. The third kappa shape index (κ3) is 3.76. The number of hydrogen-bond acceptors (Lipinski definition) is 9. The number of nitrogens with two attached hydrogens (primary N) is 1. The van der Waals surface area contributed by atoms with Crippen molar-refractivity contribution in [2.24, 2.45) is 0 Å². The number of nitrogen functional groups attached to an aromatic ring is 1. The number of fused-ring (bicyclic) bond motifs is 2. The van der Waals surface area contributed by atoms with E-state index in [0.29, 0.717) is 38.4 Å². The topological polar surface area (TPSA) is 101 Å². The second-order valence-corrected chi connectivity index (χ2v) is 10.8. The summed E-state index contributed by atoms with van der Waals surface area (Å²) in [4.78, 5) is 22.5. The fourth-order valence-electron chi connectivity index (χ4n) is 5.13. The molecule has 5 heterocycles. The third-order valence-corrected chi connectivity index (χ3v) is 8.21. The lowest BCUT2D eigenvalue weighted by molar-refractivity contribution is 0.394. The monoisotopic (exact) mass is 535 g/mol. The van der Waals surface area contributed by atoms with Crippen molar-refractivity contribution in [3.8, 4) is 11.1 Å². The number of para-hydroxylation sites is 1. The van der Waals surface area contributed by atoms with Gasteiger partial charge in [0.2, 0.25) is 5.95 Å². The minimum atomic E-state index is -0.478. The highest BCUT2D eigenvalue weighted by Crippen LogP contribution is 2.42. The van der Waals surface area contributed by atoms with Crippen molar-refractivity contribution >= 4 is 61.0 Å². The molecular formula is C25H23ClFN9S. The van der Waals surface area contributed by atoms with Gasteiger partial charge < -0.3 is 25.4 Å². The quantitative estimate of drug-likeness (QED) is 0.357. The van der Waals surface area contributed by atoms with E-state index < -0.39 is 5.82 Å². The Kier molecular flexibility index (Phi) is 5.38. The van der Waals surface area contributed by atoms with Crippen molar-refractivity contribution in [2.45, 2.75) is 6.04 Å². The summed E-state index contributed by atoms with van der Waals surface area (Å²) in [6, 6.07) is 7.67. The molecule has 2 aliphatic heterocycles. The SMILES string of the molecule is Nc1nc2c(-c3c(Cl)cc4c(N5CCNCC5)nc(N5CC(n6ccnc6)C5)nc4c3F)cccc2s1. The summed E-state index contributed by atoms with van der Waals surface area (Å²) < 4.78 is 19.4. The molecule has 0 bridgehead atoms. The first kappa shape index (κ1) is 22.6. The molecule has 188 valence electrons. The molecule has 0 saturated carbocycles. The van der Waals surface area contributed by atoms with E-state index in [9.17, 15) is 0 Å². The van der Waals surface area contributed by atoms with Crippen LogP contribution in [0.1, 0.15) is 6.04 Å². The number of hydrogen-bond donors (Lipinski definition) is 2. The second-order valence-electron chi connectivity index (χ2n) is 9.30. The number of rotatable bonds is 4. The van der Waals surface area contributed by atoms with E-state index in [1.807, 2.05) is 30.7 Å². The van der Waals surface area contributed by atoms with Crippen LogP contribution in [0, 0.1) is 5.82 Å². The number of piperazine rings is 1. The van der Waals surface area contributed by atoms with Crippen molar-refractivity contribution in [1.29, 1.82) is 0 Å². The van der Waals surface area contributed by atoms with Crippen LogP contribution in [0.2, 0.25) is 5.02 Å². The normalized spacial score (nSPS) is 16.6. The summed E-state index contributed by atoms with van der Waals surface area (Å²) in [6.45, 7) is 4.64. The first-order valence-corrected chi connectivity index (χ1v) is 13.3. The van der Waals surface area contributed by atoms with Gasteiger partial charge in [0.1, 0.15) is 11.3 Å². The van der Waals surface area contributed by atoms with Gasteiger partial charge in [-0.05, 0) is 12.1 Å². The molecule has 5 aromatic rings. The van der Waals surface area contributed by atoms with Gasteiger partial charge in [0.25, 0.3) is 0 Å². The van der Waals surface area contributed by atoms with Crippen LogP contribution in [-0.4, -0.2) is 63.8 Å². The summed E-state index contributed by atoms with van der Waals surface area (Å²) in [5.74, 6) is 0.741. The highest BCUT2D eigenvalue weighted by Gasteiger charge is 2.32. The molecule has 0 unspecified atom stereocenters. The number of halogens is 2. The van der Waals surface area contributed by atoms with Crippen molar-refractivity contribution in [1.82, 2.24) is 29.8 Å². The molecule has 0 atom stereocenters. The van der Waals surface area contributed by atoms with E-state index >= 15 is 4.39 Å². The van der Waals surface area contributed by atoms with Crippen molar-refractivity contribution in [2.75, 3.05) is 54.8 Å². The molecule has 12 heteroatoms. The van der Waals surface area contributed by atoms with Crippen LogP contribution in [0.15, 0.2) is 43.0 Å². The van der Waals surface area contributed by atoms with Crippen LogP contribution in [0.5, 0.6) is 0 Å². The highest BCUT2D eigenvalue weighted by molar-refractivity contribution is 7.22. The van der Waals surface area contributed by atoms with Gasteiger partial charge in [0, 0.05) is 68.2 Å². The fraction of sp³-hybridized carbons (Fsp3) is 0.280. The summed E-state index contributed by atoms with van der Waals surface area (Å²) in [5, 5.41) is 4.69. The molecule has 0 aliphatic carbocycles. The Hall–Kier alpha value is -3.54. The Labute approximate surface area is 220 Å². The first-order chi connectivity index (χ1) is 18.1. The molecule has 9 nitrogen and oxygen atoms in total. The van der Waals surface area contributed by atoms with Crippen molar-refractivity contribution in [3.05, 3.63) is 53.8 Å². The van der Waals surface area contributed by atoms with Crippen molar-refractivity contribution in [3.63, 3.8) is 0 Å². The maximum Gasteiger partial charge on any atom is 0.228 e. The molecule has 2 fully saturated rings. The molecule has 2 saturated heterocycles. The molecule has 0 amide bonds. The van der Waals surface area contributed by atoms with Crippen LogP contribution in [0.4, 0.5) is 21.3 Å². The number of benzene rings is 2. The Morgan fingerprint density at radius 3 is 2.70 bits per heavy atom. The van der Waals surface area contributed by atoms with Crippen LogP contribution < -0.4 is 20.9 Å². The van der Waals surface area contributed by atoms with Gasteiger partial charge in [-0.25, -0.2) is 19.3 Å². The fourth-order valence-corrected chi connectivity index (χ4v) is 6.19.